The lowest BCUT2D eigenvalue weighted by Gasteiger charge is -2.43. The Kier molecular flexibility index (Phi) is 5.06. The first-order chi connectivity index (χ1) is 11.5. The number of rotatable bonds is 5. The second-order valence-corrected chi connectivity index (χ2v) is 7.93. The van der Waals surface area contributed by atoms with Crippen LogP contribution in [0.5, 0.6) is 0 Å². The fourth-order valence-corrected chi connectivity index (χ4v) is 4.25. The van der Waals surface area contributed by atoms with Gasteiger partial charge in [-0.3, -0.25) is 4.79 Å². The molecule has 1 aliphatic carbocycles. The number of hydrogen-bond donors (Lipinski definition) is 0. The van der Waals surface area contributed by atoms with Gasteiger partial charge in [0.2, 0.25) is 11.9 Å². The summed E-state index contributed by atoms with van der Waals surface area (Å²) in [4.78, 5) is 15.8. The highest BCUT2D eigenvalue weighted by Crippen LogP contribution is 2.47. The van der Waals surface area contributed by atoms with Crippen LogP contribution in [0.25, 0.3) is 0 Å². The number of aromatic nitrogens is 4. The van der Waals surface area contributed by atoms with Crippen LogP contribution in [0.2, 0.25) is 0 Å². The summed E-state index contributed by atoms with van der Waals surface area (Å²) in [5.41, 5.74) is 0.371. The highest BCUT2D eigenvalue weighted by atomic mass is 16.2. The van der Waals surface area contributed by atoms with Crippen molar-refractivity contribution in [1.82, 2.24) is 25.1 Å². The molecule has 24 heavy (non-hydrogen) atoms. The molecule has 0 aromatic carbocycles. The Morgan fingerprint density at radius 2 is 1.96 bits per heavy atom. The van der Waals surface area contributed by atoms with Gasteiger partial charge in [0.15, 0.2) is 0 Å². The zero-order chi connectivity index (χ0) is 17.2. The van der Waals surface area contributed by atoms with E-state index in [1.54, 1.807) is 6.92 Å². The van der Waals surface area contributed by atoms with E-state index in [2.05, 4.69) is 34.3 Å². The van der Waals surface area contributed by atoms with Gasteiger partial charge in [0.25, 0.3) is 0 Å². The molecule has 3 rings (SSSR count). The fourth-order valence-electron chi connectivity index (χ4n) is 4.25. The molecule has 1 saturated carbocycles. The van der Waals surface area contributed by atoms with E-state index in [0.717, 1.165) is 45.1 Å². The molecule has 0 bridgehead atoms. The van der Waals surface area contributed by atoms with Gasteiger partial charge in [-0.2, -0.15) is 0 Å². The summed E-state index contributed by atoms with van der Waals surface area (Å²) in [6.07, 6.45) is 6.08. The predicted molar refractivity (Wildman–Crippen MR) is 92.6 cm³/mol. The van der Waals surface area contributed by atoms with Crippen LogP contribution in [0.3, 0.4) is 0 Å². The zero-order valence-corrected chi connectivity index (χ0v) is 15.2. The van der Waals surface area contributed by atoms with Gasteiger partial charge in [0.1, 0.15) is 0 Å². The highest BCUT2D eigenvalue weighted by molar-refractivity contribution is 5.73. The Morgan fingerprint density at radius 1 is 1.17 bits per heavy atom. The van der Waals surface area contributed by atoms with E-state index >= 15 is 0 Å². The van der Waals surface area contributed by atoms with E-state index in [1.165, 1.54) is 25.7 Å². The molecule has 1 amide bonds. The van der Waals surface area contributed by atoms with Crippen molar-refractivity contribution < 1.29 is 4.79 Å². The van der Waals surface area contributed by atoms with Crippen molar-refractivity contribution in [1.29, 1.82) is 0 Å². The first-order valence-electron chi connectivity index (χ1n) is 9.26. The second kappa shape index (κ2) is 7.07. The number of carbonyl (C=O) groups excluding carboxylic acids is 1. The number of tetrazole rings is 1. The normalized spacial score (nSPS) is 20.8. The van der Waals surface area contributed by atoms with Crippen molar-refractivity contribution >= 4 is 11.9 Å². The monoisotopic (exact) mass is 334 g/mol. The topological polar surface area (TPSA) is 67.2 Å². The quantitative estimate of drug-likeness (QED) is 0.823. The molecular formula is C17H30N6O. The lowest BCUT2D eigenvalue weighted by atomic mass is 9.64. The van der Waals surface area contributed by atoms with Crippen LogP contribution in [-0.4, -0.2) is 57.2 Å². The molecule has 0 atom stereocenters. The van der Waals surface area contributed by atoms with Gasteiger partial charge in [0, 0.05) is 33.1 Å². The minimum Gasteiger partial charge on any atom is -0.341 e. The Hall–Kier alpha value is -1.66. The summed E-state index contributed by atoms with van der Waals surface area (Å²) in [5.74, 6) is 1.73. The SMILES string of the molecule is CC(=O)N1CCCN(c2nnnn2CC2(CC(C)C)CCC2)CC1. The molecule has 7 heteroatoms. The molecule has 0 unspecified atom stereocenters. The lowest BCUT2D eigenvalue weighted by molar-refractivity contribution is -0.128. The molecule has 1 aromatic heterocycles. The molecule has 134 valence electrons. The molecule has 1 saturated heterocycles. The number of amides is 1. The summed E-state index contributed by atoms with van der Waals surface area (Å²) in [7, 11) is 0. The van der Waals surface area contributed by atoms with Crippen LogP contribution in [0.15, 0.2) is 0 Å². The third kappa shape index (κ3) is 3.70. The fraction of sp³-hybridized carbons (Fsp3) is 0.882. The zero-order valence-electron chi connectivity index (χ0n) is 15.2. The van der Waals surface area contributed by atoms with Crippen molar-refractivity contribution in [2.45, 2.75) is 59.4 Å². The van der Waals surface area contributed by atoms with E-state index in [9.17, 15) is 4.79 Å². The summed E-state index contributed by atoms with van der Waals surface area (Å²) in [6.45, 7) is 10.4. The minimum atomic E-state index is 0.154. The van der Waals surface area contributed by atoms with E-state index < -0.39 is 0 Å². The smallest absolute Gasteiger partial charge is 0.245 e. The summed E-state index contributed by atoms with van der Waals surface area (Å²) in [6, 6.07) is 0. The molecule has 1 aromatic rings. The molecule has 7 nitrogen and oxygen atoms in total. The largest absolute Gasteiger partial charge is 0.341 e. The van der Waals surface area contributed by atoms with Crippen molar-refractivity contribution in [3.63, 3.8) is 0 Å². The number of anilines is 1. The Labute approximate surface area is 144 Å². The van der Waals surface area contributed by atoms with Gasteiger partial charge in [-0.15, -0.1) is 0 Å². The first-order valence-corrected chi connectivity index (χ1v) is 9.26. The van der Waals surface area contributed by atoms with Crippen LogP contribution in [0.1, 0.15) is 52.9 Å². The van der Waals surface area contributed by atoms with Crippen molar-refractivity contribution in [3.8, 4) is 0 Å². The van der Waals surface area contributed by atoms with Crippen LogP contribution in [0, 0.1) is 11.3 Å². The Balaban J connectivity index is 1.70. The molecule has 2 aliphatic rings. The summed E-state index contributed by atoms with van der Waals surface area (Å²) >= 11 is 0. The van der Waals surface area contributed by atoms with E-state index in [4.69, 9.17) is 0 Å². The summed E-state index contributed by atoms with van der Waals surface area (Å²) < 4.78 is 2.00. The number of nitrogens with zero attached hydrogens (tertiary/aromatic N) is 6. The first kappa shape index (κ1) is 17.2. The van der Waals surface area contributed by atoms with Crippen LogP contribution in [-0.2, 0) is 11.3 Å². The molecule has 0 radical (unpaired) electrons. The molecule has 1 aliphatic heterocycles. The average Bonchev–Trinajstić information content (AvgIpc) is 2.79. The molecule has 0 spiro atoms. The van der Waals surface area contributed by atoms with Crippen molar-refractivity contribution in [2.24, 2.45) is 11.3 Å². The van der Waals surface area contributed by atoms with Gasteiger partial charge >= 0.3 is 0 Å². The van der Waals surface area contributed by atoms with E-state index in [0.29, 0.717) is 11.3 Å². The average molecular weight is 334 g/mol. The molecule has 2 heterocycles. The van der Waals surface area contributed by atoms with Gasteiger partial charge in [-0.1, -0.05) is 25.4 Å². The van der Waals surface area contributed by atoms with Gasteiger partial charge < -0.3 is 9.80 Å². The van der Waals surface area contributed by atoms with Crippen LogP contribution >= 0.6 is 0 Å². The number of carbonyl (C=O) groups is 1. The van der Waals surface area contributed by atoms with Crippen molar-refractivity contribution in [3.05, 3.63) is 0 Å². The third-order valence-corrected chi connectivity index (χ3v) is 5.48. The minimum absolute atomic E-state index is 0.154. The molecular weight excluding hydrogens is 304 g/mol. The standard InChI is InChI=1S/C17H30N6O/c1-14(2)12-17(6-4-7-17)13-23-16(18-19-20-23)22-9-5-8-21(10-11-22)15(3)24/h14H,4-13H2,1-3H3. The van der Waals surface area contributed by atoms with Gasteiger partial charge in [-0.05, 0) is 47.4 Å². The Morgan fingerprint density at radius 3 is 2.58 bits per heavy atom. The van der Waals surface area contributed by atoms with E-state index in [1.807, 2.05) is 9.58 Å². The lowest BCUT2D eigenvalue weighted by Crippen LogP contribution is -2.38. The maximum Gasteiger partial charge on any atom is 0.245 e. The van der Waals surface area contributed by atoms with Gasteiger partial charge in [-0.25, -0.2) is 4.68 Å². The van der Waals surface area contributed by atoms with E-state index in [-0.39, 0.29) is 5.91 Å². The summed E-state index contributed by atoms with van der Waals surface area (Å²) in [5, 5.41) is 12.5. The van der Waals surface area contributed by atoms with Gasteiger partial charge in [0.05, 0.1) is 6.54 Å². The predicted octanol–water partition coefficient (Wildman–Crippen LogP) is 1.95. The van der Waals surface area contributed by atoms with Crippen LogP contribution in [0.4, 0.5) is 5.95 Å². The number of hydrogen-bond acceptors (Lipinski definition) is 5. The third-order valence-electron chi connectivity index (χ3n) is 5.48. The molecule has 0 N–H and O–H groups in total. The molecule has 2 fully saturated rings. The maximum atomic E-state index is 11.6. The van der Waals surface area contributed by atoms with Crippen LogP contribution < -0.4 is 4.90 Å². The van der Waals surface area contributed by atoms with Crippen molar-refractivity contribution in [2.75, 3.05) is 31.1 Å². The Bertz CT molecular complexity index is 565. The second-order valence-electron chi connectivity index (χ2n) is 7.93. The maximum absolute atomic E-state index is 11.6. The highest BCUT2D eigenvalue weighted by Gasteiger charge is 2.39.